The Morgan fingerprint density at radius 1 is 1.29 bits per heavy atom. The molecule has 0 bridgehead atoms. The fourth-order valence-electron chi connectivity index (χ4n) is 4.43. The van der Waals surface area contributed by atoms with Gasteiger partial charge in [-0.25, -0.2) is 17.9 Å². The summed E-state index contributed by atoms with van der Waals surface area (Å²) in [6, 6.07) is 3.11. The molecule has 0 aromatic heterocycles. The van der Waals surface area contributed by atoms with Gasteiger partial charge in [0, 0.05) is 31.0 Å². The number of sulfonamides is 1. The van der Waals surface area contributed by atoms with Crippen LogP contribution in [-0.4, -0.2) is 57.1 Å². The van der Waals surface area contributed by atoms with Crippen molar-refractivity contribution in [2.24, 2.45) is 5.41 Å². The fourth-order valence-corrected chi connectivity index (χ4v) is 5.71. The standard InChI is InChI=1S/C19H22F3N3O5S/c20-19(21,22)12-2-1-3-15(6-12)31(28,29)24-14-7-18(8-14)10-25(11-18)16(26)5-4-13-9-30-17(27)23-13/h1-3,6,13-14,24H,4-5,7-11H2,(H,23,27)/t13-/m1/s1. The Kier molecular flexibility index (Phi) is 5.41. The van der Waals surface area contributed by atoms with E-state index in [4.69, 9.17) is 4.74 Å². The Hall–Kier alpha value is -2.34. The van der Waals surface area contributed by atoms with Gasteiger partial charge in [0.15, 0.2) is 0 Å². The van der Waals surface area contributed by atoms with Crippen LogP contribution in [0.25, 0.3) is 0 Å². The zero-order valence-electron chi connectivity index (χ0n) is 16.4. The van der Waals surface area contributed by atoms with Gasteiger partial charge in [0.25, 0.3) is 0 Å². The van der Waals surface area contributed by atoms with E-state index in [1.54, 1.807) is 4.90 Å². The first kappa shape index (κ1) is 21.9. The predicted molar refractivity (Wildman–Crippen MR) is 101 cm³/mol. The number of likely N-dealkylation sites (tertiary alicyclic amines) is 1. The van der Waals surface area contributed by atoms with Gasteiger partial charge in [0.1, 0.15) is 6.61 Å². The molecule has 2 heterocycles. The van der Waals surface area contributed by atoms with E-state index in [0.29, 0.717) is 38.4 Å². The molecule has 12 heteroatoms. The lowest BCUT2D eigenvalue weighted by Crippen LogP contribution is -2.67. The summed E-state index contributed by atoms with van der Waals surface area (Å²) in [4.78, 5) is 24.5. The highest BCUT2D eigenvalue weighted by Gasteiger charge is 2.54. The van der Waals surface area contributed by atoms with Gasteiger partial charge in [0.05, 0.1) is 16.5 Å². The van der Waals surface area contributed by atoms with Crippen LogP contribution in [0.2, 0.25) is 0 Å². The number of nitrogens with one attached hydrogen (secondary N) is 2. The molecule has 1 spiro atoms. The highest BCUT2D eigenvalue weighted by atomic mass is 32.2. The van der Waals surface area contributed by atoms with Crippen LogP contribution in [0.15, 0.2) is 29.2 Å². The van der Waals surface area contributed by atoms with Crippen LogP contribution in [0.5, 0.6) is 0 Å². The molecule has 1 atom stereocenters. The van der Waals surface area contributed by atoms with Gasteiger partial charge < -0.3 is 15.0 Å². The van der Waals surface area contributed by atoms with Crippen molar-refractivity contribution < 1.29 is 35.9 Å². The minimum Gasteiger partial charge on any atom is -0.447 e. The minimum absolute atomic E-state index is 0.0280. The zero-order chi connectivity index (χ0) is 22.4. The van der Waals surface area contributed by atoms with Crippen LogP contribution in [0, 0.1) is 5.41 Å². The zero-order valence-corrected chi connectivity index (χ0v) is 17.3. The quantitative estimate of drug-likeness (QED) is 0.673. The van der Waals surface area contributed by atoms with Crippen LogP contribution in [0.4, 0.5) is 18.0 Å². The van der Waals surface area contributed by atoms with Gasteiger partial charge in [-0.05, 0) is 37.5 Å². The van der Waals surface area contributed by atoms with Crippen molar-refractivity contribution in [2.45, 2.75) is 48.8 Å². The molecule has 2 amide bonds. The molecule has 2 aliphatic heterocycles. The molecule has 1 aliphatic carbocycles. The van der Waals surface area contributed by atoms with Gasteiger partial charge >= 0.3 is 12.3 Å². The smallest absolute Gasteiger partial charge is 0.416 e. The lowest BCUT2D eigenvalue weighted by atomic mass is 9.61. The van der Waals surface area contributed by atoms with E-state index in [9.17, 15) is 31.2 Å². The molecule has 0 radical (unpaired) electrons. The molecule has 4 rings (SSSR count). The number of carbonyl (C=O) groups excluding carboxylic acids is 2. The van der Waals surface area contributed by atoms with Crippen molar-refractivity contribution in [1.82, 2.24) is 14.9 Å². The number of carbonyl (C=O) groups is 2. The largest absolute Gasteiger partial charge is 0.447 e. The number of ether oxygens (including phenoxy) is 1. The maximum absolute atomic E-state index is 12.8. The summed E-state index contributed by atoms with van der Waals surface area (Å²) >= 11 is 0. The number of halogens is 3. The monoisotopic (exact) mass is 461 g/mol. The summed E-state index contributed by atoms with van der Waals surface area (Å²) in [5.74, 6) is -0.0280. The predicted octanol–water partition coefficient (Wildman–Crippen LogP) is 1.86. The number of alkyl halides is 3. The number of benzene rings is 1. The number of amides is 2. The minimum atomic E-state index is -4.62. The normalized spacial score (nSPS) is 23.1. The van der Waals surface area contributed by atoms with Crippen LogP contribution in [0.3, 0.4) is 0 Å². The van der Waals surface area contributed by atoms with E-state index in [1.165, 1.54) is 0 Å². The van der Waals surface area contributed by atoms with Crippen LogP contribution < -0.4 is 10.0 Å². The first-order valence-electron chi connectivity index (χ1n) is 9.87. The van der Waals surface area contributed by atoms with Crippen molar-refractivity contribution in [1.29, 1.82) is 0 Å². The molecular formula is C19H22F3N3O5S. The molecule has 2 saturated heterocycles. The second kappa shape index (κ2) is 7.66. The molecule has 31 heavy (non-hydrogen) atoms. The second-order valence-electron chi connectivity index (χ2n) is 8.48. The third-order valence-electron chi connectivity index (χ3n) is 6.00. The van der Waals surface area contributed by atoms with Gasteiger partial charge in [0.2, 0.25) is 15.9 Å². The Labute approximate surface area is 177 Å². The third-order valence-corrected chi connectivity index (χ3v) is 7.52. The first-order chi connectivity index (χ1) is 14.5. The van der Waals surface area contributed by atoms with Crippen molar-refractivity contribution in [2.75, 3.05) is 19.7 Å². The Morgan fingerprint density at radius 2 is 2.00 bits per heavy atom. The summed E-state index contributed by atoms with van der Waals surface area (Å²) in [5.41, 5.74) is -1.15. The number of hydrogen-bond acceptors (Lipinski definition) is 5. The molecule has 1 aromatic rings. The van der Waals surface area contributed by atoms with E-state index in [2.05, 4.69) is 10.0 Å². The number of nitrogens with zero attached hydrogens (tertiary/aromatic N) is 1. The molecule has 8 nitrogen and oxygen atoms in total. The highest BCUT2D eigenvalue weighted by molar-refractivity contribution is 7.89. The first-order valence-corrected chi connectivity index (χ1v) is 11.3. The molecule has 3 aliphatic rings. The highest BCUT2D eigenvalue weighted by Crippen LogP contribution is 2.49. The molecule has 1 aromatic carbocycles. The van der Waals surface area contributed by atoms with E-state index >= 15 is 0 Å². The SMILES string of the molecule is O=C1N[C@H](CCC(=O)N2CC3(CC(NS(=O)(=O)c4cccc(C(F)(F)F)c4)C3)C2)CO1. The van der Waals surface area contributed by atoms with E-state index in [-0.39, 0.29) is 36.4 Å². The lowest BCUT2D eigenvalue weighted by molar-refractivity contribution is -0.151. The number of cyclic esters (lactones) is 1. The summed E-state index contributed by atoms with van der Waals surface area (Å²) in [7, 11) is -4.07. The maximum atomic E-state index is 12.8. The van der Waals surface area contributed by atoms with Gasteiger partial charge in [-0.1, -0.05) is 6.07 Å². The van der Waals surface area contributed by atoms with Gasteiger partial charge in [-0.2, -0.15) is 13.2 Å². The number of hydrogen-bond donors (Lipinski definition) is 2. The number of rotatable bonds is 6. The molecular weight excluding hydrogens is 439 g/mol. The molecule has 170 valence electrons. The summed E-state index contributed by atoms with van der Waals surface area (Å²) < 4.78 is 70.7. The van der Waals surface area contributed by atoms with Crippen LogP contribution >= 0.6 is 0 Å². The summed E-state index contributed by atoms with van der Waals surface area (Å²) in [6.45, 7) is 1.31. The van der Waals surface area contributed by atoms with E-state index < -0.39 is 32.8 Å². The number of alkyl carbamates (subject to hydrolysis) is 1. The average molecular weight is 461 g/mol. The fraction of sp³-hybridized carbons (Fsp3) is 0.579. The molecule has 3 fully saturated rings. The van der Waals surface area contributed by atoms with Gasteiger partial charge in [-0.3, -0.25) is 4.79 Å². The van der Waals surface area contributed by atoms with Crippen LogP contribution in [0.1, 0.15) is 31.2 Å². The van der Waals surface area contributed by atoms with Crippen molar-refractivity contribution in [3.8, 4) is 0 Å². The van der Waals surface area contributed by atoms with E-state index in [1.807, 2.05) is 0 Å². The van der Waals surface area contributed by atoms with Gasteiger partial charge in [-0.15, -0.1) is 0 Å². The topological polar surface area (TPSA) is 105 Å². The molecule has 2 N–H and O–H groups in total. The van der Waals surface area contributed by atoms with Crippen LogP contribution in [-0.2, 0) is 25.7 Å². The average Bonchev–Trinajstić information content (AvgIpc) is 3.05. The van der Waals surface area contributed by atoms with Crippen molar-refractivity contribution in [3.63, 3.8) is 0 Å². The maximum Gasteiger partial charge on any atom is 0.416 e. The molecule has 0 unspecified atom stereocenters. The third kappa shape index (κ3) is 4.64. The molecule has 1 saturated carbocycles. The van der Waals surface area contributed by atoms with E-state index in [0.717, 1.165) is 18.2 Å². The van der Waals surface area contributed by atoms with Crippen molar-refractivity contribution in [3.05, 3.63) is 29.8 Å². The Balaban J connectivity index is 1.24. The Bertz CT molecular complexity index is 984. The Morgan fingerprint density at radius 3 is 2.61 bits per heavy atom. The second-order valence-corrected chi connectivity index (χ2v) is 10.2. The summed E-state index contributed by atoms with van der Waals surface area (Å²) in [5, 5.41) is 2.62. The summed E-state index contributed by atoms with van der Waals surface area (Å²) in [6.07, 6.45) is -3.26. The lowest BCUT2D eigenvalue weighted by Gasteiger charge is -2.59. The van der Waals surface area contributed by atoms with Crippen molar-refractivity contribution >= 4 is 22.0 Å².